The molecule has 96 valence electrons. The summed E-state index contributed by atoms with van der Waals surface area (Å²) in [4.78, 5) is 8.58. The third-order valence-electron chi connectivity index (χ3n) is 2.37. The second-order valence-corrected chi connectivity index (χ2v) is 4.12. The third-order valence-corrected chi connectivity index (χ3v) is 2.37. The predicted molar refractivity (Wildman–Crippen MR) is 70.6 cm³/mol. The van der Waals surface area contributed by atoms with Gasteiger partial charge in [0.05, 0.1) is 6.61 Å². The number of hydrogen-bond acceptors (Lipinski definition) is 4. The fourth-order valence-corrected chi connectivity index (χ4v) is 1.49. The molecule has 0 saturated heterocycles. The molecule has 4 nitrogen and oxygen atoms in total. The summed E-state index contributed by atoms with van der Waals surface area (Å²) in [6.45, 7) is 7.85. The maximum Gasteiger partial charge on any atom is 0.218 e. The summed E-state index contributed by atoms with van der Waals surface area (Å²) in [6.07, 6.45) is 4.56. The van der Waals surface area contributed by atoms with Crippen LogP contribution in [0.15, 0.2) is 6.07 Å². The van der Waals surface area contributed by atoms with E-state index in [0.717, 1.165) is 37.6 Å². The molecule has 0 aliphatic rings. The molecule has 0 bridgehead atoms. The summed E-state index contributed by atoms with van der Waals surface area (Å²) in [5.74, 6) is 2.27. The van der Waals surface area contributed by atoms with E-state index >= 15 is 0 Å². The van der Waals surface area contributed by atoms with Crippen molar-refractivity contribution < 1.29 is 4.74 Å². The van der Waals surface area contributed by atoms with Gasteiger partial charge in [-0.3, -0.25) is 0 Å². The lowest BCUT2D eigenvalue weighted by Gasteiger charge is -2.08. The number of unbranched alkanes of at least 4 members (excludes halogenated alkanes) is 2. The highest BCUT2D eigenvalue weighted by molar-refractivity contribution is 5.38. The minimum atomic E-state index is 0.673. The van der Waals surface area contributed by atoms with Gasteiger partial charge in [-0.25, -0.2) is 4.98 Å². The molecule has 0 saturated carbocycles. The van der Waals surface area contributed by atoms with Gasteiger partial charge in [-0.1, -0.05) is 26.7 Å². The fraction of sp³-hybridized carbons (Fsp3) is 0.692. The molecule has 0 radical (unpaired) electrons. The standard InChI is InChI=1S/C13H23N3O/c1-4-6-7-9-17-13-10-12(14-8-5-2)15-11(3)16-13/h10H,4-9H2,1-3H3,(H,14,15,16). The number of aryl methyl sites for hydroxylation is 1. The zero-order valence-electron chi connectivity index (χ0n) is 11.1. The van der Waals surface area contributed by atoms with E-state index in [2.05, 4.69) is 29.1 Å². The van der Waals surface area contributed by atoms with Crippen LogP contribution in [0.1, 0.15) is 45.4 Å². The van der Waals surface area contributed by atoms with Gasteiger partial charge >= 0.3 is 0 Å². The Morgan fingerprint density at radius 1 is 1.18 bits per heavy atom. The van der Waals surface area contributed by atoms with Gasteiger partial charge in [0.2, 0.25) is 5.88 Å². The summed E-state index contributed by atoms with van der Waals surface area (Å²) < 4.78 is 5.62. The molecule has 1 aromatic heterocycles. The maximum absolute atomic E-state index is 5.62. The molecular weight excluding hydrogens is 214 g/mol. The fourth-order valence-electron chi connectivity index (χ4n) is 1.49. The molecule has 0 aromatic carbocycles. The highest BCUT2D eigenvalue weighted by atomic mass is 16.5. The monoisotopic (exact) mass is 237 g/mol. The van der Waals surface area contributed by atoms with Crippen LogP contribution in [0.3, 0.4) is 0 Å². The summed E-state index contributed by atoms with van der Waals surface area (Å²) in [7, 11) is 0. The van der Waals surface area contributed by atoms with E-state index < -0.39 is 0 Å². The number of aromatic nitrogens is 2. The van der Waals surface area contributed by atoms with E-state index in [0.29, 0.717) is 5.88 Å². The van der Waals surface area contributed by atoms with E-state index in [-0.39, 0.29) is 0 Å². The van der Waals surface area contributed by atoms with Gasteiger partial charge in [0.15, 0.2) is 0 Å². The minimum Gasteiger partial charge on any atom is -0.478 e. The van der Waals surface area contributed by atoms with Crippen molar-refractivity contribution in [3.05, 3.63) is 11.9 Å². The molecule has 1 rings (SSSR count). The number of rotatable bonds is 8. The Morgan fingerprint density at radius 3 is 2.71 bits per heavy atom. The van der Waals surface area contributed by atoms with Crippen molar-refractivity contribution in [3.8, 4) is 5.88 Å². The third kappa shape index (κ3) is 5.52. The number of ether oxygens (including phenoxy) is 1. The van der Waals surface area contributed by atoms with Crippen LogP contribution in [0, 0.1) is 6.92 Å². The summed E-state index contributed by atoms with van der Waals surface area (Å²) in [5, 5.41) is 3.25. The molecule has 1 N–H and O–H groups in total. The average Bonchev–Trinajstić information content (AvgIpc) is 2.31. The van der Waals surface area contributed by atoms with Crippen molar-refractivity contribution in [1.29, 1.82) is 0 Å². The Morgan fingerprint density at radius 2 is 2.00 bits per heavy atom. The first-order chi connectivity index (χ1) is 8.26. The Balaban J connectivity index is 2.50. The first-order valence-electron chi connectivity index (χ1n) is 6.48. The molecule has 17 heavy (non-hydrogen) atoms. The quantitative estimate of drug-likeness (QED) is 0.705. The van der Waals surface area contributed by atoms with E-state index in [9.17, 15) is 0 Å². The molecule has 0 unspecified atom stereocenters. The van der Waals surface area contributed by atoms with Gasteiger partial charge in [-0.2, -0.15) is 4.98 Å². The highest BCUT2D eigenvalue weighted by Gasteiger charge is 2.02. The highest BCUT2D eigenvalue weighted by Crippen LogP contribution is 2.13. The Labute approximate surface area is 104 Å². The van der Waals surface area contributed by atoms with Crippen molar-refractivity contribution in [2.75, 3.05) is 18.5 Å². The molecule has 0 fully saturated rings. The Kier molecular flexibility index (Phi) is 6.37. The van der Waals surface area contributed by atoms with Crippen LogP contribution in [-0.2, 0) is 0 Å². The lowest BCUT2D eigenvalue weighted by Crippen LogP contribution is -2.06. The molecule has 0 amide bonds. The summed E-state index contributed by atoms with van der Waals surface area (Å²) >= 11 is 0. The van der Waals surface area contributed by atoms with Crippen LogP contribution in [0.4, 0.5) is 5.82 Å². The van der Waals surface area contributed by atoms with Crippen LogP contribution < -0.4 is 10.1 Å². The van der Waals surface area contributed by atoms with E-state index in [1.807, 2.05) is 13.0 Å². The Hall–Kier alpha value is -1.32. The lowest BCUT2D eigenvalue weighted by atomic mass is 10.3. The van der Waals surface area contributed by atoms with Gasteiger partial charge in [-0.15, -0.1) is 0 Å². The van der Waals surface area contributed by atoms with Crippen molar-refractivity contribution in [3.63, 3.8) is 0 Å². The number of nitrogens with one attached hydrogen (secondary N) is 1. The van der Waals surface area contributed by atoms with Crippen molar-refractivity contribution in [2.45, 2.75) is 46.5 Å². The Bertz CT molecular complexity index is 328. The van der Waals surface area contributed by atoms with Crippen molar-refractivity contribution in [2.24, 2.45) is 0 Å². The molecule has 1 aromatic rings. The van der Waals surface area contributed by atoms with Crippen LogP contribution in [0.25, 0.3) is 0 Å². The van der Waals surface area contributed by atoms with Crippen molar-refractivity contribution >= 4 is 5.82 Å². The average molecular weight is 237 g/mol. The van der Waals surface area contributed by atoms with Crippen LogP contribution >= 0.6 is 0 Å². The predicted octanol–water partition coefficient (Wildman–Crippen LogP) is 3.18. The normalized spacial score (nSPS) is 10.3. The molecule has 0 aliphatic carbocycles. The zero-order valence-corrected chi connectivity index (χ0v) is 11.1. The first-order valence-corrected chi connectivity index (χ1v) is 6.48. The molecule has 0 atom stereocenters. The van der Waals surface area contributed by atoms with Crippen LogP contribution in [-0.4, -0.2) is 23.1 Å². The summed E-state index contributed by atoms with van der Waals surface area (Å²) in [6, 6.07) is 1.87. The van der Waals surface area contributed by atoms with Gasteiger partial charge in [0, 0.05) is 12.6 Å². The van der Waals surface area contributed by atoms with Gasteiger partial charge in [0.25, 0.3) is 0 Å². The largest absolute Gasteiger partial charge is 0.478 e. The molecular formula is C13H23N3O. The first kappa shape index (κ1) is 13.7. The van der Waals surface area contributed by atoms with Gasteiger partial charge < -0.3 is 10.1 Å². The van der Waals surface area contributed by atoms with E-state index in [4.69, 9.17) is 4.74 Å². The molecule has 1 heterocycles. The number of anilines is 1. The number of hydrogen-bond donors (Lipinski definition) is 1. The van der Waals surface area contributed by atoms with Crippen molar-refractivity contribution in [1.82, 2.24) is 9.97 Å². The lowest BCUT2D eigenvalue weighted by molar-refractivity contribution is 0.294. The van der Waals surface area contributed by atoms with Gasteiger partial charge in [-0.05, 0) is 19.8 Å². The molecule has 0 spiro atoms. The minimum absolute atomic E-state index is 0.673. The van der Waals surface area contributed by atoms with E-state index in [1.165, 1.54) is 12.8 Å². The van der Waals surface area contributed by atoms with E-state index in [1.54, 1.807) is 0 Å². The SMILES string of the molecule is CCCCCOc1cc(NCCC)nc(C)n1. The zero-order chi connectivity index (χ0) is 12.5. The summed E-state index contributed by atoms with van der Waals surface area (Å²) in [5.41, 5.74) is 0. The molecule has 4 heteroatoms. The smallest absolute Gasteiger partial charge is 0.218 e. The number of nitrogens with zero attached hydrogens (tertiary/aromatic N) is 2. The topological polar surface area (TPSA) is 47.0 Å². The van der Waals surface area contributed by atoms with Crippen LogP contribution in [0.5, 0.6) is 5.88 Å². The van der Waals surface area contributed by atoms with Crippen LogP contribution in [0.2, 0.25) is 0 Å². The second kappa shape index (κ2) is 7.87. The van der Waals surface area contributed by atoms with Gasteiger partial charge in [0.1, 0.15) is 11.6 Å². The maximum atomic E-state index is 5.62. The molecule has 0 aliphatic heterocycles. The second-order valence-electron chi connectivity index (χ2n) is 4.12.